The van der Waals surface area contributed by atoms with E-state index in [2.05, 4.69) is 56.1 Å². The Labute approximate surface area is 124 Å². The summed E-state index contributed by atoms with van der Waals surface area (Å²) in [5, 5.41) is 8.16. The predicted octanol–water partition coefficient (Wildman–Crippen LogP) is 2.54. The Balaban J connectivity index is 2.39. The van der Waals surface area contributed by atoms with E-state index in [9.17, 15) is 0 Å². The van der Waals surface area contributed by atoms with Crippen LogP contribution in [-0.2, 0) is 19.0 Å². The molecule has 0 aliphatic rings. The van der Waals surface area contributed by atoms with Gasteiger partial charge in [-0.2, -0.15) is 5.10 Å². The lowest BCUT2D eigenvalue weighted by molar-refractivity contribution is 0.298. The average Bonchev–Trinajstić information content (AvgIpc) is 2.75. The molecule has 1 heterocycles. The Kier molecular flexibility index (Phi) is 6.69. The van der Waals surface area contributed by atoms with Crippen LogP contribution in [0, 0.1) is 0 Å². The molecule has 0 saturated heterocycles. The second-order valence-corrected chi connectivity index (χ2v) is 6.48. The van der Waals surface area contributed by atoms with E-state index >= 15 is 0 Å². The van der Waals surface area contributed by atoms with Gasteiger partial charge in [0.15, 0.2) is 0 Å². The van der Waals surface area contributed by atoms with Crippen LogP contribution in [0.4, 0.5) is 0 Å². The first-order valence-electron chi connectivity index (χ1n) is 7.84. The molecule has 0 atom stereocenters. The Morgan fingerprint density at radius 3 is 2.45 bits per heavy atom. The van der Waals surface area contributed by atoms with Crippen molar-refractivity contribution < 1.29 is 0 Å². The van der Waals surface area contributed by atoms with Crippen molar-refractivity contribution in [2.75, 3.05) is 26.2 Å². The zero-order valence-corrected chi connectivity index (χ0v) is 14.2. The third-order valence-corrected chi connectivity index (χ3v) is 3.65. The van der Waals surface area contributed by atoms with Crippen molar-refractivity contribution in [1.29, 1.82) is 0 Å². The SMILES string of the molecule is CCN(CC)CCCNCc1cn(C)nc1C(C)(C)C. The molecule has 0 fully saturated rings. The van der Waals surface area contributed by atoms with Crippen molar-refractivity contribution in [2.24, 2.45) is 7.05 Å². The summed E-state index contributed by atoms with van der Waals surface area (Å²) in [7, 11) is 2.00. The third-order valence-electron chi connectivity index (χ3n) is 3.65. The lowest BCUT2D eigenvalue weighted by Crippen LogP contribution is -2.27. The number of rotatable bonds is 8. The second kappa shape index (κ2) is 7.79. The minimum atomic E-state index is 0.111. The van der Waals surface area contributed by atoms with Crippen LogP contribution in [-0.4, -0.2) is 40.9 Å². The molecule has 1 aromatic heterocycles. The highest BCUT2D eigenvalue weighted by atomic mass is 15.3. The topological polar surface area (TPSA) is 33.1 Å². The molecule has 0 saturated carbocycles. The number of hydrogen-bond donors (Lipinski definition) is 1. The van der Waals surface area contributed by atoms with E-state index in [4.69, 9.17) is 0 Å². The summed E-state index contributed by atoms with van der Waals surface area (Å²) < 4.78 is 1.92. The molecule has 20 heavy (non-hydrogen) atoms. The number of aryl methyl sites for hydroxylation is 1. The molecule has 4 heteroatoms. The monoisotopic (exact) mass is 280 g/mol. The normalized spacial score (nSPS) is 12.3. The molecular weight excluding hydrogens is 248 g/mol. The van der Waals surface area contributed by atoms with Crippen molar-refractivity contribution in [3.05, 3.63) is 17.5 Å². The number of aromatic nitrogens is 2. The lowest BCUT2D eigenvalue weighted by atomic mass is 9.89. The molecule has 0 unspecified atom stereocenters. The van der Waals surface area contributed by atoms with Crippen LogP contribution in [0.5, 0.6) is 0 Å². The molecule has 0 aromatic carbocycles. The average molecular weight is 280 g/mol. The van der Waals surface area contributed by atoms with Crippen LogP contribution in [0.15, 0.2) is 6.20 Å². The highest BCUT2D eigenvalue weighted by Gasteiger charge is 2.21. The maximum absolute atomic E-state index is 4.60. The van der Waals surface area contributed by atoms with Crippen molar-refractivity contribution in [1.82, 2.24) is 20.0 Å². The van der Waals surface area contributed by atoms with Gasteiger partial charge in [-0.3, -0.25) is 4.68 Å². The van der Waals surface area contributed by atoms with Gasteiger partial charge in [-0.1, -0.05) is 34.6 Å². The maximum atomic E-state index is 4.60. The van der Waals surface area contributed by atoms with Gasteiger partial charge in [-0.25, -0.2) is 0 Å². The minimum Gasteiger partial charge on any atom is -0.312 e. The van der Waals surface area contributed by atoms with Crippen molar-refractivity contribution in [3.63, 3.8) is 0 Å². The van der Waals surface area contributed by atoms with E-state index in [1.165, 1.54) is 24.2 Å². The van der Waals surface area contributed by atoms with Crippen LogP contribution in [0.3, 0.4) is 0 Å². The fourth-order valence-electron chi connectivity index (χ4n) is 2.49. The smallest absolute Gasteiger partial charge is 0.0722 e. The molecule has 0 spiro atoms. The molecule has 4 nitrogen and oxygen atoms in total. The van der Waals surface area contributed by atoms with Crippen LogP contribution in [0.2, 0.25) is 0 Å². The van der Waals surface area contributed by atoms with E-state index in [-0.39, 0.29) is 5.41 Å². The number of nitrogens with zero attached hydrogens (tertiary/aromatic N) is 3. The summed E-state index contributed by atoms with van der Waals surface area (Å²) in [6.07, 6.45) is 3.34. The summed E-state index contributed by atoms with van der Waals surface area (Å²) in [5.74, 6) is 0. The maximum Gasteiger partial charge on any atom is 0.0722 e. The fourth-order valence-corrected chi connectivity index (χ4v) is 2.49. The Bertz CT molecular complexity index is 386. The first-order chi connectivity index (χ1) is 9.38. The highest BCUT2D eigenvalue weighted by Crippen LogP contribution is 2.23. The first kappa shape index (κ1) is 17.2. The summed E-state index contributed by atoms with van der Waals surface area (Å²) in [6, 6.07) is 0. The van der Waals surface area contributed by atoms with Crippen LogP contribution >= 0.6 is 0 Å². The van der Waals surface area contributed by atoms with Gasteiger partial charge >= 0.3 is 0 Å². The molecule has 1 aromatic rings. The Hall–Kier alpha value is -0.870. The molecule has 0 aliphatic carbocycles. The van der Waals surface area contributed by atoms with E-state index in [0.717, 1.165) is 26.2 Å². The van der Waals surface area contributed by atoms with Crippen molar-refractivity contribution in [2.45, 2.75) is 53.0 Å². The van der Waals surface area contributed by atoms with Crippen LogP contribution in [0.1, 0.15) is 52.3 Å². The minimum absolute atomic E-state index is 0.111. The standard InChI is InChI=1S/C16H32N4/c1-7-20(8-2)11-9-10-17-12-14-13-19(6)18-15(14)16(3,4)5/h13,17H,7-12H2,1-6H3. The molecule has 0 aliphatic heterocycles. The molecule has 1 N–H and O–H groups in total. The van der Waals surface area contributed by atoms with Gasteiger partial charge in [0.05, 0.1) is 5.69 Å². The van der Waals surface area contributed by atoms with Gasteiger partial charge in [0.25, 0.3) is 0 Å². The zero-order valence-electron chi connectivity index (χ0n) is 14.2. The molecular formula is C16H32N4. The van der Waals surface area contributed by atoms with Crippen LogP contribution in [0.25, 0.3) is 0 Å². The van der Waals surface area contributed by atoms with Gasteiger partial charge < -0.3 is 10.2 Å². The van der Waals surface area contributed by atoms with E-state index in [1.54, 1.807) is 0 Å². The molecule has 0 amide bonds. The summed E-state index contributed by atoms with van der Waals surface area (Å²) in [6.45, 7) is 16.6. The van der Waals surface area contributed by atoms with Gasteiger partial charge in [0.2, 0.25) is 0 Å². The second-order valence-electron chi connectivity index (χ2n) is 6.48. The largest absolute Gasteiger partial charge is 0.312 e. The summed E-state index contributed by atoms with van der Waals surface area (Å²) in [5.41, 5.74) is 2.64. The first-order valence-corrected chi connectivity index (χ1v) is 7.84. The van der Waals surface area contributed by atoms with E-state index in [1.807, 2.05) is 11.7 Å². The summed E-state index contributed by atoms with van der Waals surface area (Å²) >= 11 is 0. The number of nitrogens with one attached hydrogen (secondary N) is 1. The van der Waals surface area contributed by atoms with Gasteiger partial charge in [0.1, 0.15) is 0 Å². The predicted molar refractivity (Wildman–Crippen MR) is 86.0 cm³/mol. The number of hydrogen-bond acceptors (Lipinski definition) is 3. The van der Waals surface area contributed by atoms with Crippen molar-refractivity contribution >= 4 is 0 Å². The quantitative estimate of drug-likeness (QED) is 0.743. The summed E-state index contributed by atoms with van der Waals surface area (Å²) in [4.78, 5) is 2.46. The Morgan fingerprint density at radius 2 is 1.90 bits per heavy atom. The third kappa shape index (κ3) is 5.25. The lowest BCUT2D eigenvalue weighted by Gasteiger charge is -2.19. The zero-order chi connectivity index (χ0) is 15.2. The van der Waals surface area contributed by atoms with Gasteiger partial charge in [0, 0.05) is 30.8 Å². The molecule has 116 valence electrons. The van der Waals surface area contributed by atoms with E-state index < -0.39 is 0 Å². The van der Waals surface area contributed by atoms with E-state index in [0.29, 0.717) is 0 Å². The Morgan fingerprint density at radius 1 is 1.25 bits per heavy atom. The highest BCUT2D eigenvalue weighted by molar-refractivity contribution is 5.23. The molecule has 1 rings (SSSR count). The van der Waals surface area contributed by atoms with Crippen molar-refractivity contribution in [3.8, 4) is 0 Å². The van der Waals surface area contributed by atoms with Crippen LogP contribution < -0.4 is 5.32 Å². The molecule has 0 bridgehead atoms. The fraction of sp³-hybridized carbons (Fsp3) is 0.812. The van der Waals surface area contributed by atoms with Gasteiger partial charge in [-0.15, -0.1) is 0 Å². The van der Waals surface area contributed by atoms with Gasteiger partial charge in [-0.05, 0) is 32.6 Å². The molecule has 0 radical (unpaired) electrons.